The Morgan fingerprint density at radius 3 is 2.16 bits per heavy atom. The summed E-state index contributed by atoms with van der Waals surface area (Å²) < 4.78 is 5.35. The number of nitrogens with one attached hydrogen (secondary N) is 2. The van der Waals surface area contributed by atoms with Crippen molar-refractivity contribution in [3.05, 3.63) is 71.8 Å². The van der Waals surface area contributed by atoms with E-state index >= 15 is 0 Å². The van der Waals surface area contributed by atoms with Crippen molar-refractivity contribution in [1.82, 2.24) is 10.8 Å². The first kappa shape index (κ1) is 24.0. The van der Waals surface area contributed by atoms with Gasteiger partial charge in [-0.1, -0.05) is 60.7 Å². The van der Waals surface area contributed by atoms with Gasteiger partial charge in [0.15, 0.2) is 0 Å². The molecule has 1 heterocycles. The van der Waals surface area contributed by atoms with Crippen LogP contribution in [0, 0.1) is 0 Å². The molecule has 2 aromatic carbocycles. The van der Waals surface area contributed by atoms with E-state index in [-0.39, 0.29) is 18.2 Å². The van der Waals surface area contributed by atoms with E-state index in [0.717, 1.165) is 30.5 Å². The Morgan fingerprint density at radius 2 is 1.65 bits per heavy atom. The van der Waals surface area contributed by atoms with E-state index in [9.17, 15) is 4.79 Å². The average molecular weight is 430 g/mol. The summed E-state index contributed by atoms with van der Waals surface area (Å²) in [5.41, 5.74) is 5.28. The fourth-order valence-electron chi connectivity index (χ4n) is 3.16. The minimum Gasteiger partial charge on any atom is -0.473 e. The molecule has 0 radical (unpaired) electrons. The summed E-state index contributed by atoms with van der Waals surface area (Å²) in [6.07, 6.45) is 1.60. The molecule has 166 valence electrons. The lowest BCUT2D eigenvalue weighted by Crippen LogP contribution is -2.50. The highest BCUT2D eigenvalue weighted by atomic mass is 16.6. The molecule has 0 amide bonds. The number of benzene rings is 2. The third kappa shape index (κ3) is 8.55. The van der Waals surface area contributed by atoms with Crippen molar-refractivity contribution in [3.63, 3.8) is 0 Å². The molecule has 1 fully saturated rings. The highest BCUT2D eigenvalue weighted by molar-refractivity contribution is 6.27. The molecule has 1 aliphatic rings. The minimum atomic E-state index is -1.82. The van der Waals surface area contributed by atoms with Crippen LogP contribution in [0.1, 0.15) is 30.1 Å². The van der Waals surface area contributed by atoms with E-state index in [0.29, 0.717) is 13.1 Å². The van der Waals surface area contributed by atoms with Gasteiger partial charge in [0.1, 0.15) is 6.10 Å². The molecular weight excluding hydrogens is 404 g/mol. The maximum atomic E-state index is 10.9. The van der Waals surface area contributed by atoms with Gasteiger partial charge in [-0.05, 0) is 24.0 Å². The number of carbonyl (C=O) groups excluding carboxylic acids is 1. The molecule has 31 heavy (non-hydrogen) atoms. The Labute approximate surface area is 179 Å². The van der Waals surface area contributed by atoms with Crippen LogP contribution in [0.15, 0.2) is 60.7 Å². The molecule has 0 spiro atoms. The molecule has 4 N–H and O–H groups in total. The van der Waals surface area contributed by atoms with Crippen molar-refractivity contribution in [2.24, 2.45) is 0 Å². The smallest absolute Gasteiger partial charge is 0.414 e. The second-order valence-corrected chi connectivity index (χ2v) is 6.86. The summed E-state index contributed by atoms with van der Waals surface area (Å²) in [5.74, 6) is -3.65. The average Bonchev–Trinajstić information content (AvgIpc) is 2.80. The maximum absolute atomic E-state index is 10.9. The lowest BCUT2D eigenvalue weighted by atomic mass is 9.93. The minimum absolute atomic E-state index is 0.111. The number of hydroxylamine groups is 1. The summed E-state index contributed by atoms with van der Waals surface area (Å²) in [4.78, 5) is 34.7. The van der Waals surface area contributed by atoms with Gasteiger partial charge in [-0.2, -0.15) is 5.48 Å². The fourth-order valence-corrected chi connectivity index (χ4v) is 3.16. The molecule has 1 unspecified atom stereocenters. The van der Waals surface area contributed by atoms with Crippen molar-refractivity contribution < 1.29 is 34.2 Å². The molecule has 0 bridgehead atoms. The first-order valence-corrected chi connectivity index (χ1v) is 9.76. The molecule has 0 saturated carbocycles. The van der Waals surface area contributed by atoms with Crippen LogP contribution in [0.5, 0.6) is 0 Å². The molecule has 0 aromatic heterocycles. The Bertz CT molecular complexity index is 797. The van der Waals surface area contributed by atoms with Crippen LogP contribution in [0.2, 0.25) is 0 Å². The Hall–Kier alpha value is -3.27. The van der Waals surface area contributed by atoms with Gasteiger partial charge in [0.2, 0.25) is 0 Å². The molecule has 3 rings (SSSR count). The van der Waals surface area contributed by atoms with Crippen LogP contribution >= 0.6 is 0 Å². The van der Waals surface area contributed by atoms with Gasteiger partial charge in [-0.3, -0.25) is 9.63 Å². The van der Waals surface area contributed by atoms with Gasteiger partial charge >= 0.3 is 11.9 Å². The van der Waals surface area contributed by atoms with Crippen LogP contribution in [0.4, 0.5) is 0 Å². The lowest BCUT2D eigenvalue weighted by Gasteiger charge is -2.34. The van der Waals surface area contributed by atoms with Crippen LogP contribution < -0.4 is 10.8 Å². The van der Waals surface area contributed by atoms with Gasteiger partial charge in [0.25, 0.3) is 6.47 Å². The molecule has 9 nitrogen and oxygen atoms in total. The van der Waals surface area contributed by atoms with Crippen molar-refractivity contribution in [3.8, 4) is 0 Å². The summed E-state index contributed by atoms with van der Waals surface area (Å²) in [6.45, 7) is 1.85. The number of ether oxygens (including phenoxy) is 1. The number of carbonyl (C=O) groups is 3. The van der Waals surface area contributed by atoms with Crippen molar-refractivity contribution in [2.75, 3.05) is 6.54 Å². The predicted octanol–water partition coefficient (Wildman–Crippen LogP) is 1.90. The van der Waals surface area contributed by atoms with Gasteiger partial charge in [-0.25, -0.2) is 9.59 Å². The molecule has 2 aromatic rings. The second-order valence-electron chi connectivity index (χ2n) is 6.86. The van der Waals surface area contributed by atoms with Gasteiger partial charge in [0, 0.05) is 18.6 Å². The number of rotatable bonds is 8. The van der Waals surface area contributed by atoms with Crippen LogP contribution in [0.25, 0.3) is 0 Å². The molecular formula is C22H26N2O7. The van der Waals surface area contributed by atoms with Crippen molar-refractivity contribution >= 4 is 18.4 Å². The fraction of sp³-hybridized carbons (Fsp3) is 0.318. The van der Waals surface area contributed by atoms with Gasteiger partial charge in [0.05, 0.1) is 6.61 Å². The standard InChI is InChI=1S/C20H24N2O3.C2H2O4/c23-15-24-20(17-9-5-2-6-10-17)19-12-11-18(13-21-19)22-25-14-16-7-3-1-4-8-16;3-1(4)2(5)6/h1-10,15,18-22H,11-14H2;(H,3,4)(H,5,6)/t18-,19+,20?;/m1./s1. The topological polar surface area (TPSA) is 134 Å². The number of piperidine rings is 1. The highest BCUT2D eigenvalue weighted by Gasteiger charge is 2.29. The number of aliphatic carboxylic acids is 2. The Balaban J connectivity index is 0.000000501. The first-order chi connectivity index (χ1) is 15.0. The van der Waals surface area contributed by atoms with Crippen LogP contribution in [-0.4, -0.2) is 47.3 Å². The summed E-state index contributed by atoms with van der Waals surface area (Å²) in [7, 11) is 0. The zero-order valence-electron chi connectivity index (χ0n) is 16.8. The third-order valence-corrected chi connectivity index (χ3v) is 4.66. The molecule has 3 atom stereocenters. The third-order valence-electron chi connectivity index (χ3n) is 4.66. The predicted molar refractivity (Wildman–Crippen MR) is 111 cm³/mol. The lowest BCUT2D eigenvalue weighted by molar-refractivity contribution is -0.159. The van der Waals surface area contributed by atoms with Crippen molar-refractivity contribution in [1.29, 1.82) is 0 Å². The van der Waals surface area contributed by atoms with E-state index in [1.807, 2.05) is 60.7 Å². The van der Waals surface area contributed by atoms with Gasteiger partial charge in [-0.15, -0.1) is 0 Å². The normalized spacial score (nSPS) is 18.7. The zero-order valence-corrected chi connectivity index (χ0v) is 16.8. The van der Waals surface area contributed by atoms with Gasteiger partial charge < -0.3 is 20.3 Å². The summed E-state index contributed by atoms with van der Waals surface area (Å²) in [5, 5.41) is 18.3. The molecule has 0 aliphatic carbocycles. The number of carboxylic acids is 2. The zero-order chi connectivity index (χ0) is 22.5. The van der Waals surface area contributed by atoms with E-state index < -0.39 is 11.9 Å². The largest absolute Gasteiger partial charge is 0.473 e. The molecule has 9 heteroatoms. The Morgan fingerprint density at radius 1 is 1.03 bits per heavy atom. The second kappa shape index (κ2) is 13.1. The first-order valence-electron chi connectivity index (χ1n) is 9.76. The quantitative estimate of drug-likeness (QED) is 0.281. The molecule has 1 aliphatic heterocycles. The number of hydrogen-bond donors (Lipinski definition) is 4. The summed E-state index contributed by atoms with van der Waals surface area (Å²) in [6, 6.07) is 20.3. The van der Waals surface area contributed by atoms with Crippen molar-refractivity contribution in [2.45, 2.75) is 37.6 Å². The molecule has 1 saturated heterocycles. The van der Waals surface area contributed by atoms with E-state index in [1.54, 1.807) is 0 Å². The van der Waals surface area contributed by atoms with E-state index in [2.05, 4.69) is 10.8 Å². The maximum Gasteiger partial charge on any atom is 0.414 e. The summed E-state index contributed by atoms with van der Waals surface area (Å²) >= 11 is 0. The van der Waals surface area contributed by atoms with E-state index in [1.165, 1.54) is 0 Å². The highest BCUT2D eigenvalue weighted by Crippen LogP contribution is 2.26. The number of hydrogen-bond acceptors (Lipinski definition) is 7. The monoisotopic (exact) mass is 430 g/mol. The SMILES string of the molecule is O=C(O)C(=O)O.O=COC(c1ccccc1)[C@@H]1CC[C@@H](NOCc2ccccc2)CN1. The van der Waals surface area contributed by atoms with E-state index in [4.69, 9.17) is 29.4 Å². The number of carboxylic acid groups (broad SMARTS) is 2. The van der Waals surface area contributed by atoms with Crippen LogP contribution in [-0.2, 0) is 30.6 Å². The van der Waals surface area contributed by atoms with Crippen LogP contribution in [0.3, 0.4) is 0 Å². The Kier molecular flexibility index (Phi) is 10.2.